The van der Waals surface area contributed by atoms with Gasteiger partial charge in [0.15, 0.2) is 5.82 Å². The molecule has 0 saturated heterocycles. The van der Waals surface area contributed by atoms with Gasteiger partial charge in [-0.15, -0.1) is 0 Å². The summed E-state index contributed by atoms with van der Waals surface area (Å²) in [5.41, 5.74) is 0. The summed E-state index contributed by atoms with van der Waals surface area (Å²) in [5.74, 6) is 1.11. The van der Waals surface area contributed by atoms with Gasteiger partial charge in [-0.25, -0.2) is 10.2 Å². The summed E-state index contributed by atoms with van der Waals surface area (Å²) in [6.45, 7) is 5.73. The SMILES string of the molecule is CCN(CC)c1nccc(I)c1OO. The second kappa shape index (κ2) is 5.35. The van der Waals surface area contributed by atoms with Gasteiger partial charge < -0.3 is 9.79 Å². The van der Waals surface area contributed by atoms with Crippen molar-refractivity contribution in [3.05, 3.63) is 15.8 Å². The van der Waals surface area contributed by atoms with E-state index in [-0.39, 0.29) is 0 Å². The van der Waals surface area contributed by atoms with Crippen molar-refractivity contribution >= 4 is 28.4 Å². The summed E-state index contributed by atoms with van der Waals surface area (Å²) in [6, 6.07) is 1.79. The Labute approximate surface area is 97.0 Å². The van der Waals surface area contributed by atoms with Gasteiger partial charge in [0.05, 0.1) is 3.57 Å². The van der Waals surface area contributed by atoms with Crippen LogP contribution < -0.4 is 9.79 Å². The van der Waals surface area contributed by atoms with E-state index in [1.54, 1.807) is 12.3 Å². The molecule has 0 aliphatic carbocycles. The van der Waals surface area contributed by atoms with Crippen LogP contribution in [-0.2, 0) is 0 Å². The molecule has 0 fully saturated rings. The van der Waals surface area contributed by atoms with Gasteiger partial charge in [0, 0.05) is 19.3 Å². The minimum atomic E-state index is 0.428. The third-order valence-corrected chi connectivity index (χ3v) is 2.84. The predicted molar refractivity (Wildman–Crippen MR) is 63.8 cm³/mol. The Morgan fingerprint density at radius 3 is 2.64 bits per heavy atom. The molecule has 5 heteroatoms. The standard InChI is InChI=1S/C9H13IN2O2/c1-3-12(4-2)9-8(14-13)7(10)5-6-11-9/h5-6,13H,3-4H2,1-2H3. The molecular formula is C9H13IN2O2. The summed E-state index contributed by atoms with van der Waals surface area (Å²) < 4.78 is 0.849. The van der Waals surface area contributed by atoms with Crippen molar-refractivity contribution in [2.75, 3.05) is 18.0 Å². The van der Waals surface area contributed by atoms with Crippen LogP contribution in [0, 0.1) is 3.57 Å². The lowest BCUT2D eigenvalue weighted by molar-refractivity contribution is -0.138. The van der Waals surface area contributed by atoms with E-state index in [9.17, 15) is 0 Å². The molecule has 0 aliphatic heterocycles. The molecule has 14 heavy (non-hydrogen) atoms. The Balaban J connectivity index is 3.11. The molecule has 0 spiro atoms. The molecule has 4 nitrogen and oxygen atoms in total. The summed E-state index contributed by atoms with van der Waals surface area (Å²) in [5, 5.41) is 8.77. The fourth-order valence-electron chi connectivity index (χ4n) is 1.25. The fourth-order valence-corrected chi connectivity index (χ4v) is 1.75. The van der Waals surface area contributed by atoms with Gasteiger partial charge in [-0.3, -0.25) is 0 Å². The first-order valence-corrected chi connectivity index (χ1v) is 5.53. The van der Waals surface area contributed by atoms with Crippen LogP contribution in [0.15, 0.2) is 12.3 Å². The zero-order chi connectivity index (χ0) is 10.6. The van der Waals surface area contributed by atoms with Crippen molar-refractivity contribution in [2.45, 2.75) is 13.8 Å². The molecule has 0 aromatic carbocycles. The van der Waals surface area contributed by atoms with Crippen LogP contribution in [0.2, 0.25) is 0 Å². The van der Waals surface area contributed by atoms with Gasteiger partial charge >= 0.3 is 0 Å². The number of hydrogen-bond acceptors (Lipinski definition) is 4. The molecule has 1 heterocycles. The molecule has 1 rings (SSSR count). The molecule has 1 aromatic rings. The van der Waals surface area contributed by atoms with Crippen LogP contribution in [0.5, 0.6) is 5.75 Å². The quantitative estimate of drug-likeness (QED) is 0.527. The molecular weight excluding hydrogens is 295 g/mol. The Morgan fingerprint density at radius 2 is 2.14 bits per heavy atom. The monoisotopic (exact) mass is 308 g/mol. The summed E-state index contributed by atoms with van der Waals surface area (Å²) in [7, 11) is 0. The van der Waals surface area contributed by atoms with Crippen LogP contribution in [-0.4, -0.2) is 23.3 Å². The molecule has 1 N–H and O–H groups in total. The highest BCUT2D eigenvalue weighted by molar-refractivity contribution is 14.1. The third kappa shape index (κ3) is 2.27. The van der Waals surface area contributed by atoms with E-state index in [2.05, 4.69) is 32.5 Å². The van der Waals surface area contributed by atoms with Crippen molar-refractivity contribution in [3.63, 3.8) is 0 Å². The highest BCUT2D eigenvalue weighted by Crippen LogP contribution is 2.30. The minimum absolute atomic E-state index is 0.428. The number of aromatic nitrogens is 1. The number of halogens is 1. The fraction of sp³-hybridized carbons (Fsp3) is 0.444. The second-order valence-corrected chi connectivity index (χ2v) is 3.87. The molecule has 0 aliphatic rings. The third-order valence-electron chi connectivity index (χ3n) is 1.99. The molecule has 1 aromatic heterocycles. The highest BCUT2D eigenvalue weighted by Gasteiger charge is 2.14. The Bertz CT molecular complexity index is 303. The molecule has 0 amide bonds. The van der Waals surface area contributed by atoms with E-state index in [4.69, 9.17) is 5.26 Å². The van der Waals surface area contributed by atoms with E-state index in [0.29, 0.717) is 11.6 Å². The van der Waals surface area contributed by atoms with E-state index in [0.717, 1.165) is 16.7 Å². The number of pyridine rings is 1. The first kappa shape index (κ1) is 11.5. The zero-order valence-electron chi connectivity index (χ0n) is 8.20. The van der Waals surface area contributed by atoms with Crippen LogP contribution in [0.25, 0.3) is 0 Å². The first-order chi connectivity index (χ1) is 6.74. The van der Waals surface area contributed by atoms with Crippen LogP contribution in [0.4, 0.5) is 5.82 Å². The lowest BCUT2D eigenvalue weighted by Gasteiger charge is -2.21. The Kier molecular flexibility index (Phi) is 4.40. The van der Waals surface area contributed by atoms with Gasteiger partial charge in [0.25, 0.3) is 0 Å². The summed E-state index contributed by atoms with van der Waals surface area (Å²) in [6.07, 6.45) is 1.71. The maximum atomic E-state index is 8.77. The number of rotatable bonds is 4. The number of anilines is 1. The van der Waals surface area contributed by atoms with Crippen molar-refractivity contribution < 1.29 is 10.1 Å². The maximum absolute atomic E-state index is 8.77. The largest absolute Gasteiger partial charge is 0.354 e. The lowest BCUT2D eigenvalue weighted by atomic mass is 10.4. The smallest absolute Gasteiger partial charge is 0.220 e. The minimum Gasteiger partial charge on any atom is -0.354 e. The lowest BCUT2D eigenvalue weighted by Crippen LogP contribution is -2.23. The predicted octanol–water partition coefficient (Wildman–Crippen LogP) is 2.38. The van der Waals surface area contributed by atoms with Gasteiger partial charge in [-0.1, -0.05) is 0 Å². The Morgan fingerprint density at radius 1 is 1.50 bits per heavy atom. The van der Waals surface area contributed by atoms with Crippen molar-refractivity contribution in [2.24, 2.45) is 0 Å². The van der Waals surface area contributed by atoms with Crippen molar-refractivity contribution in [1.82, 2.24) is 4.98 Å². The summed E-state index contributed by atoms with van der Waals surface area (Å²) in [4.78, 5) is 10.6. The average molecular weight is 308 g/mol. The van der Waals surface area contributed by atoms with Gasteiger partial charge in [0.2, 0.25) is 5.75 Å². The van der Waals surface area contributed by atoms with Gasteiger partial charge in [0.1, 0.15) is 0 Å². The maximum Gasteiger partial charge on any atom is 0.220 e. The van der Waals surface area contributed by atoms with E-state index in [1.807, 2.05) is 18.7 Å². The molecule has 0 saturated carbocycles. The number of hydrogen-bond donors (Lipinski definition) is 1. The topological polar surface area (TPSA) is 45.6 Å². The Hall–Kier alpha value is -0.560. The molecule has 78 valence electrons. The second-order valence-electron chi connectivity index (χ2n) is 2.71. The number of nitrogens with zero attached hydrogens (tertiary/aromatic N) is 2. The van der Waals surface area contributed by atoms with E-state index < -0.39 is 0 Å². The molecule has 0 unspecified atom stereocenters. The zero-order valence-corrected chi connectivity index (χ0v) is 10.4. The summed E-state index contributed by atoms with van der Waals surface area (Å²) >= 11 is 2.10. The molecule has 0 atom stereocenters. The van der Waals surface area contributed by atoms with Crippen molar-refractivity contribution in [1.29, 1.82) is 0 Å². The first-order valence-electron chi connectivity index (χ1n) is 4.45. The highest BCUT2D eigenvalue weighted by atomic mass is 127. The van der Waals surface area contributed by atoms with Crippen molar-refractivity contribution in [3.8, 4) is 5.75 Å². The molecule has 0 bridgehead atoms. The van der Waals surface area contributed by atoms with Crippen LogP contribution >= 0.6 is 22.6 Å². The van der Waals surface area contributed by atoms with Crippen LogP contribution in [0.1, 0.15) is 13.8 Å². The normalized spacial score (nSPS) is 10.0. The van der Waals surface area contributed by atoms with E-state index >= 15 is 0 Å². The van der Waals surface area contributed by atoms with Crippen LogP contribution in [0.3, 0.4) is 0 Å². The molecule has 0 radical (unpaired) electrons. The van der Waals surface area contributed by atoms with E-state index in [1.165, 1.54) is 0 Å². The van der Waals surface area contributed by atoms with Gasteiger partial charge in [-0.2, -0.15) is 0 Å². The van der Waals surface area contributed by atoms with Gasteiger partial charge in [-0.05, 0) is 42.5 Å². The average Bonchev–Trinajstić information content (AvgIpc) is 2.20.